The number of nitrogens with zero attached hydrogens (tertiary/aromatic N) is 3. The van der Waals surface area contributed by atoms with Crippen LogP contribution in [0.1, 0.15) is 28.9 Å². The molecule has 1 amide bonds. The first-order valence-corrected chi connectivity index (χ1v) is 9.45. The van der Waals surface area contributed by atoms with E-state index in [-0.39, 0.29) is 6.54 Å². The Balaban J connectivity index is 2.48. The van der Waals surface area contributed by atoms with E-state index in [1.807, 2.05) is 0 Å². The molecule has 0 bridgehead atoms. The van der Waals surface area contributed by atoms with Crippen molar-refractivity contribution in [2.45, 2.75) is 6.85 Å². The maximum atomic E-state index is 14.3. The topological polar surface area (TPSA) is 90.3 Å². The molecule has 1 aromatic heterocycles. The largest absolute Gasteiger partial charge is 0.492 e. The van der Waals surface area contributed by atoms with E-state index in [2.05, 4.69) is 15.6 Å². The van der Waals surface area contributed by atoms with Crippen LogP contribution in [0.2, 0.25) is 5.02 Å². The van der Waals surface area contributed by atoms with Gasteiger partial charge in [0, 0.05) is 40.0 Å². The molecule has 0 saturated heterocycles. The number of ether oxygens (including phenoxy) is 1. The van der Waals surface area contributed by atoms with Gasteiger partial charge < -0.3 is 20.3 Å². The fourth-order valence-electron chi connectivity index (χ4n) is 2.48. The lowest BCUT2D eigenvalue weighted by atomic mass is 10.1. The molecule has 3 rings (SSSR count). The first-order chi connectivity index (χ1) is 20.7. The van der Waals surface area contributed by atoms with E-state index in [9.17, 15) is 14.4 Å². The van der Waals surface area contributed by atoms with Gasteiger partial charge in [0.15, 0.2) is 0 Å². The Morgan fingerprint density at radius 2 is 2.30 bits per heavy atom. The number of benzene rings is 2. The summed E-state index contributed by atoms with van der Waals surface area (Å²) < 4.78 is 116. The number of nitriles is 1. The minimum atomic E-state index is -3.50. The third-order valence-electron chi connectivity index (χ3n) is 3.89. The van der Waals surface area contributed by atoms with Crippen molar-refractivity contribution in [2.75, 3.05) is 37.8 Å². The van der Waals surface area contributed by atoms with Crippen LogP contribution in [0.15, 0.2) is 48.5 Å². The molecule has 0 fully saturated rings. The van der Waals surface area contributed by atoms with Gasteiger partial charge in [0.05, 0.1) is 46.4 Å². The van der Waals surface area contributed by atoms with Gasteiger partial charge in [0.1, 0.15) is 17.6 Å². The van der Waals surface area contributed by atoms with Crippen molar-refractivity contribution in [2.24, 2.45) is 0 Å². The third kappa shape index (κ3) is 5.98. The summed E-state index contributed by atoms with van der Waals surface area (Å²) in [6.07, 6.45) is 0.347. The number of amides is 1. The van der Waals surface area contributed by atoms with Gasteiger partial charge in [-0.3, -0.25) is 9.78 Å². The van der Waals surface area contributed by atoms with E-state index in [0.717, 1.165) is 0 Å². The van der Waals surface area contributed by atoms with Crippen molar-refractivity contribution in [3.8, 4) is 11.8 Å². The van der Waals surface area contributed by atoms with Crippen LogP contribution in [0.3, 0.4) is 0 Å². The Bertz CT molecular complexity index is 1760. The normalized spacial score (nSPS) is 17.4. The number of carbonyl (C=O) groups is 1. The quantitative estimate of drug-likeness (QED) is 0.437. The molecule has 0 saturated carbocycles. The zero-order valence-corrected chi connectivity index (χ0v) is 18.0. The number of likely N-dealkylation sites (N-methyl/N-ethyl adjacent to an activating group) is 1. The molecule has 0 aliphatic carbocycles. The minimum absolute atomic E-state index is 0.130. The number of aromatic nitrogens is 1. The average molecular weight is 480 g/mol. The van der Waals surface area contributed by atoms with Gasteiger partial charge in [-0.25, -0.2) is 4.39 Å². The van der Waals surface area contributed by atoms with Crippen LogP contribution in [0.4, 0.5) is 21.5 Å². The Kier molecular flexibility index (Phi) is 4.09. The predicted molar refractivity (Wildman–Crippen MR) is 129 cm³/mol. The van der Waals surface area contributed by atoms with Crippen LogP contribution >= 0.6 is 11.6 Å². The third-order valence-corrected chi connectivity index (χ3v) is 4.15. The summed E-state index contributed by atoms with van der Waals surface area (Å²) in [5.41, 5.74) is -3.30. The second kappa shape index (κ2) is 10.8. The Morgan fingerprint density at radius 3 is 3.03 bits per heavy atom. The molecule has 7 nitrogen and oxygen atoms in total. The number of hydrogen-bond acceptors (Lipinski definition) is 6. The number of hydrogen-bond donors (Lipinski definition) is 2. The average Bonchev–Trinajstić information content (AvgIpc) is 2.95. The highest BCUT2D eigenvalue weighted by molar-refractivity contribution is 6.31. The van der Waals surface area contributed by atoms with Crippen LogP contribution in [0, 0.1) is 17.1 Å². The van der Waals surface area contributed by atoms with Crippen molar-refractivity contribution < 1.29 is 30.4 Å². The summed E-state index contributed by atoms with van der Waals surface area (Å²) in [5, 5.41) is 13.0. The zero-order valence-electron chi connectivity index (χ0n) is 29.2. The number of pyridine rings is 1. The number of anilines is 3. The molecule has 0 spiro atoms. The second-order valence-electron chi connectivity index (χ2n) is 6.54. The molecule has 0 atom stereocenters. The van der Waals surface area contributed by atoms with Gasteiger partial charge in [-0.15, -0.1) is 0 Å². The first-order valence-electron chi connectivity index (χ1n) is 15.1. The van der Waals surface area contributed by atoms with Crippen LogP contribution in [0.25, 0.3) is 10.9 Å². The van der Waals surface area contributed by atoms with Crippen LogP contribution in [0.5, 0.6) is 5.75 Å². The minimum Gasteiger partial charge on any atom is -0.492 e. The molecular weight excluding hydrogens is 445 g/mol. The van der Waals surface area contributed by atoms with Gasteiger partial charge in [-0.05, 0) is 45.1 Å². The molecule has 170 valence electrons. The van der Waals surface area contributed by atoms with Gasteiger partial charge in [0.25, 0.3) is 0 Å². The highest BCUT2D eigenvalue weighted by Gasteiger charge is 2.15. The SMILES string of the molecule is [2H]/C(=C\CN(C)C)C(=O)Nc1c(OC([2H])([2H])C([2H])([2H])[2H])c([2H])c2nc([2H])c(C#N)c(Nc3c([2H])c([2H])c(F)c(Cl)c3[2H])c2c1[2H]. The summed E-state index contributed by atoms with van der Waals surface area (Å²) in [5.74, 6) is -3.57. The number of halogens is 2. The van der Waals surface area contributed by atoms with Crippen molar-refractivity contribution >= 4 is 45.5 Å². The van der Waals surface area contributed by atoms with Crippen molar-refractivity contribution in [1.29, 1.82) is 5.26 Å². The van der Waals surface area contributed by atoms with E-state index in [1.165, 1.54) is 6.08 Å². The van der Waals surface area contributed by atoms with Crippen LogP contribution in [-0.4, -0.2) is 43.0 Å². The van der Waals surface area contributed by atoms with Gasteiger partial charge >= 0.3 is 0 Å². The van der Waals surface area contributed by atoms with Crippen LogP contribution in [-0.2, 0) is 4.79 Å². The summed E-state index contributed by atoms with van der Waals surface area (Å²) in [6.45, 7) is -6.81. The standard InChI is InChI=1S/C24H23ClFN5O2/c1-4-33-22-12-20-17(11-21(22)30-23(32)6-5-9-31(2)3)24(15(13-27)14-28-20)29-16-7-8-19(26)18(25)10-16/h5-8,10-12,14H,4,9H2,1-3H3,(H,28,29)(H,30,32)/b6-5+/i1D3,4D2,6D,7D,8D,10D,11D,12D,14D. The summed E-state index contributed by atoms with van der Waals surface area (Å²) >= 11 is 5.82. The molecule has 0 radical (unpaired) electrons. The smallest absolute Gasteiger partial charge is 0.248 e. The van der Waals surface area contributed by atoms with Gasteiger partial charge in [-0.2, -0.15) is 5.26 Å². The van der Waals surface area contributed by atoms with E-state index in [0.29, 0.717) is 0 Å². The van der Waals surface area contributed by atoms with E-state index in [4.69, 9.17) is 32.8 Å². The second-order valence-corrected chi connectivity index (χ2v) is 6.91. The Morgan fingerprint density at radius 1 is 1.48 bits per heavy atom. The van der Waals surface area contributed by atoms with Crippen LogP contribution < -0.4 is 15.4 Å². The van der Waals surface area contributed by atoms with E-state index < -0.39 is 112 Å². The van der Waals surface area contributed by atoms with Crippen molar-refractivity contribution in [1.82, 2.24) is 9.88 Å². The Hall–Kier alpha value is -3.67. The summed E-state index contributed by atoms with van der Waals surface area (Å²) in [6, 6.07) is -3.59. The fraction of sp³-hybridized carbons (Fsp3) is 0.208. The molecule has 33 heavy (non-hydrogen) atoms. The van der Waals surface area contributed by atoms with Crippen molar-refractivity contribution in [3.63, 3.8) is 0 Å². The molecule has 9 heteroatoms. The first kappa shape index (κ1) is 12.5. The molecule has 3 aromatic rings. The Labute approximate surface area is 213 Å². The maximum absolute atomic E-state index is 14.3. The number of nitrogens with one attached hydrogen (secondary N) is 2. The maximum Gasteiger partial charge on any atom is 0.248 e. The van der Waals surface area contributed by atoms with Gasteiger partial charge in [-0.1, -0.05) is 17.7 Å². The lowest BCUT2D eigenvalue weighted by molar-refractivity contribution is -0.111. The highest BCUT2D eigenvalue weighted by Crippen LogP contribution is 2.36. The lowest BCUT2D eigenvalue weighted by Crippen LogP contribution is -2.13. The predicted octanol–water partition coefficient (Wildman–Crippen LogP) is 5.10. The van der Waals surface area contributed by atoms with E-state index >= 15 is 0 Å². The lowest BCUT2D eigenvalue weighted by Gasteiger charge is -2.16. The monoisotopic (exact) mass is 479 g/mol. The molecular formula is C24H23ClFN5O2. The summed E-state index contributed by atoms with van der Waals surface area (Å²) in [7, 11) is 3.30. The number of fused-ring (bicyclic) bond motifs is 1. The van der Waals surface area contributed by atoms with Crippen molar-refractivity contribution in [3.05, 3.63) is 64.9 Å². The molecule has 1 heterocycles. The highest BCUT2D eigenvalue weighted by atomic mass is 35.5. The molecule has 0 aliphatic rings. The molecule has 2 aromatic carbocycles. The molecule has 0 aliphatic heterocycles. The fourth-order valence-corrected chi connectivity index (χ4v) is 2.62. The molecule has 2 N–H and O–H groups in total. The zero-order chi connectivity index (χ0) is 34.3. The number of carbonyl (C=O) groups excluding carboxylic acids is 1. The molecule has 0 unspecified atom stereocenters. The van der Waals surface area contributed by atoms with E-state index in [1.54, 1.807) is 25.1 Å². The van der Waals surface area contributed by atoms with Gasteiger partial charge in [0.2, 0.25) is 5.91 Å². The summed E-state index contributed by atoms with van der Waals surface area (Å²) in [4.78, 5) is 18.4. The number of rotatable bonds is 8.